The average molecular weight is 649 g/mol. The Kier molecular flexibility index (Phi) is 26.9. The monoisotopic (exact) mass is 648 g/mol. The van der Waals surface area contributed by atoms with Gasteiger partial charge in [-0.2, -0.15) is 8.42 Å². The zero-order chi connectivity index (χ0) is 32.9. The second-order valence-electron chi connectivity index (χ2n) is 11.5. The number of esters is 2. The van der Waals surface area contributed by atoms with E-state index in [4.69, 9.17) is 9.47 Å². The molecule has 0 saturated carbocycles. The summed E-state index contributed by atoms with van der Waals surface area (Å²) < 4.78 is 42.5. The van der Waals surface area contributed by atoms with Crippen molar-refractivity contribution in [2.75, 3.05) is 26.3 Å². The van der Waals surface area contributed by atoms with Gasteiger partial charge in [0.2, 0.25) is 11.8 Å². The van der Waals surface area contributed by atoms with Crippen molar-refractivity contribution in [1.82, 2.24) is 10.6 Å². The van der Waals surface area contributed by atoms with E-state index < -0.39 is 33.7 Å². The molecule has 0 aromatic heterocycles. The van der Waals surface area contributed by atoms with Crippen molar-refractivity contribution in [3.63, 3.8) is 0 Å². The predicted octanol–water partition coefficient (Wildman–Crippen LogP) is 5.79. The molecule has 0 aliphatic heterocycles. The highest BCUT2D eigenvalue weighted by Crippen LogP contribution is 2.12. The van der Waals surface area contributed by atoms with Gasteiger partial charge in [0.25, 0.3) is 10.1 Å². The van der Waals surface area contributed by atoms with Crippen LogP contribution in [0.5, 0.6) is 0 Å². The normalized spacial score (nSPS) is 12.0. The van der Waals surface area contributed by atoms with Gasteiger partial charge in [0.15, 0.2) is 5.25 Å². The van der Waals surface area contributed by atoms with E-state index in [2.05, 4.69) is 24.5 Å². The molecule has 0 rings (SSSR count). The Labute approximate surface area is 266 Å². The van der Waals surface area contributed by atoms with Crippen molar-refractivity contribution in [3.8, 4) is 0 Å². The number of hydrogen-bond acceptors (Lipinski definition) is 8. The van der Waals surface area contributed by atoms with Crippen LogP contribution in [0.4, 0.5) is 0 Å². The predicted molar refractivity (Wildman–Crippen MR) is 172 cm³/mol. The zero-order valence-corrected chi connectivity index (χ0v) is 28.2. The molecule has 258 valence electrons. The van der Waals surface area contributed by atoms with Gasteiger partial charge in [-0.15, -0.1) is 0 Å². The Bertz CT molecular complexity index is 881. The summed E-state index contributed by atoms with van der Waals surface area (Å²) in [4.78, 5) is 48.2. The fraction of sp³-hybridized carbons (Fsp3) is 0.875. The van der Waals surface area contributed by atoms with Crippen molar-refractivity contribution in [2.45, 2.75) is 154 Å². The molecule has 0 fully saturated rings. The molecule has 11 nitrogen and oxygen atoms in total. The van der Waals surface area contributed by atoms with Gasteiger partial charge in [-0.3, -0.25) is 23.7 Å². The molecule has 12 heteroatoms. The lowest BCUT2D eigenvalue weighted by molar-refractivity contribution is -0.150. The minimum Gasteiger partial charge on any atom is -0.464 e. The van der Waals surface area contributed by atoms with E-state index in [1.807, 2.05) is 0 Å². The van der Waals surface area contributed by atoms with Crippen molar-refractivity contribution < 1.29 is 41.6 Å². The molecule has 0 heterocycles. The van der Waals surface area contributed by atoms with Crippen LogP contribution in [0.2, 0.25) is 0 Å². The highest BCUT2D eigenvalue weighted by Gasteiger charge is 2.35. The smallest absolute Gasteiger partial charge is 0.327 e. The van der Waals surface area contributed by atoms with Gasteiger partial charge in [0.1, 0.15) is 13.2 Å². The number of nitrogens with one attached hydrogen (secondary N) is 2. The molecule has 2 amide bonds. The Balaban J connectivity index is 4.03. The van der Waals surface area contributed by atoms with E-state index >= 15 is 0 Å². The number of unbranched alkanes of at least 4 members (excludes halogenated alkanes) is 16. The van der Waals surface area contributed by atoms with E-state index in [0.717, 1.165) is 38.5 Å². The van der Waals surface area contributed by atoms with Gasteiger partial charge in [-0.1, -0.05) is 117 Å². The maximum atomic E-state index is 12.2. The van der Waals surface area contributed by atoms with Crippen LogP contribution >= 0.6 is 0 Å². The first kappa shape index (κ1) is 41.8. The van der Waals surface area contributed by atoms with Crippen LogP contribution < -0.4 is 10.6 Å². The van der Waals surface area contributed by atoms with Crippen LogP contribution in [0.3, 0.4) is 0 Å². The molecule has 0 aliphatic rings. The summed E-state index contributed by atoms with van der Waals surface area (Å²) in [6, 6.07) is 0. The molecule has 1 unspecified atom stereocenters. The van der Waals surface area contributed by atoms with Gasteiger partial charge >= 0.3 is 11.9 Å². The fourth-order valence-corrected chi connectivity index (χ4v) is 5.34. The topological polar surface area (TPSA) is 165 Å². The summed E-state index contributed by atoms with van der Waals surface area (Å²) in [7, 11) is -4.94. The van der Waals surface area contributed by atoms with Crippen LogP contribution in [0.1, 0.15) is 149 Å². The summed E-state index contributed by atoms with van der Waals surface area (Å²) in [5.41, 5.74) is 0. The molecule has 0 spiro atoms. The Morgan fingerprint density at radius 2 is 0.955 bits per heavy atom. The first-order valence-corrected chi connectivity index (χ1v) is 18.4. The highest BCUT2D eigenvalue weighted by molar-refractivity contribution is 7.87. The Hall–Kier alpha value is -2.21. The maximum absolute atomic E-state index is 12.2. The van der Waals surface area contributed by atoms with Crippen molar-refractivity contribution in [2.24, 2.45) is 0 Å². The SMILES string of the molecule is CCCCCCCCCCCC(=O)NCCOC(=O)CC(C(=O)OCCNC(=O)CCCCCCCCCCC)S(=O)(=O)O. The summed E-state index contributed by atoms with van der Waals surface area (Å²) in [6.07, 6.45) is 20.4. The molecule has 0 aromatic rings. The molecule has 0 bridgehead atoms. The molecule has 0 saturated heterocycles. The zero-order valence-electron chi connectivity index (χ0n) is 27.4. The lowest BCUT2D eigenvalue weighted by atomic mass is 10.1. The third-order valence-corrected chi connectivity index (χ3v) is 8.42. The minimum atomic E-state index is -4.94. The molecule has 3 N–H and O–H groups in total. The number of amides is 2. The van der Waals surface area contributed by atoms with Crippen LogP contribution in [0.15, 0.2) is 0 Å². The van der Waals surface area contributed by atoms with Crippen molar-refractivity contribution >= 4 is 33.9 Å². The molecule has 44 heavy (non-hydrogen) atoms. The summed E-state index contributed by atoms with van der Waals surface area (Å²) in [6.45, 7) is 3.88. The lowest BCUT2D eigenvalue weighted by Gasteiger charge is -2.13. The van der Waals surface area contributed by atoms with Crippen LogP contribution in [-0.2, 0) is 38.8 Å². The van der Waals surface area contributed by atoms with E-state index in [1.165, 1.54) is 77.0 Å². The van der Waals surface area contributed by atoms with Gasteiger partial charge in [0, 0.05) is 12.8 Å². The third kappa shape index (κ3) is 26.2. The molecule has 1 atom stereocenters. The molecular formula is C32H60N2O9S. The summed E-state index contributed by atoms with van der Waals surface area (Å²) >= 11 is 0. The standard InChI is InChI=1S/C32H60N2O9S/c1-3-5-7-9-11-13-15-17-19-21-29(35)33-23-25-42-31(37)27-28(44(39,40)41)32(38)43-26-24-34-30(36)22-20-18-16-14-12-10-8-6-4-2/h28H,3-27H2,1-2H3,(H,33,35)(H,34,36)(H,39,40,41). The molecule has 0 aromatic carbocycles. The van der Waals surface area contributed by atoms with Gasteiger partial charge < -0.3 is 20.1 Å². The van der Waals surface area contributed by atoms with Crippen LogP contribution in [-0.4, -0.2) is 68.3 Å². The number of rotatable bonds is 30. The highest BCUT2D eigenvalue weighted by atomic mass is 32.2. The van der Waals surface area contributed by atoms with E-state index in [0.29, 0.717) is 12.8 Å². The summed E-state index contributed by atoms with van der Waals surface area (Å²) in [5, 5.41) is 3.09. The van der Waals surface area contributed by atoms with Crippen molar-refractivity contribution in [3.05, 3.63) is 0 Å². The van der Waals surface area contributed by atoms with E-state index in [9.17, 15) is 32.1 Å². The van der Waals surface area contributed by atoms with Crippen LogP contribution in [0.25, 0.3) is 0 Å². The number of ether oxygens (including phenoxy) is 2. The quantitative estimate of drug-likeness (QED) is 0.0496. The van der Waals surface area contributed by atoms with Gasteiger partial charge in [0.05, 0.1) is 19.5 Å². The second-order valence-corrected chi connectivity index (χ2v) is 13.1. The van der Waals surface area contributed by atoms with Gasteiger partial charge in [-0.25, -0.2) is 0 Å². The van der Waals surface area contributed by atoms with Gasteiger partial charge in [-0.05, 0) is 12.8 Å². The number of carbonyl (C=O) groups excluding carboxylic acids is 4. The lowest BCUT2D eigenvalue weighted by Crippen LogP contribution is -2.36. The third-order valence-electron chi connectivity index (χ3n) is 7.35. The Morgan fingerprint density at radius 1 is 0.591 bits per heavy atom. The summed E-state index contributed by atoms with van der Waals surface area (Å²) in [5.74, 6) is -2.71. The minimum absolute atomic E-state index is 0.0244. The second kappa shape index (κ2) is 28.3. The Morgan fingerprint density at radius 3 is 1.34 bits per heavy atom. The fourth-order valence-electron chi connectivity index (χ4n) is 4.68. The van der Waals surface area contributed by atoms with Crippen LogP contribution in [0, 0.1) is 0 Å². The first-order valence-electron chi connectivity index (χ1n) is 16.9. The molecular weight excluding hydrogens is 588 g/mol. The molecule has 0 radical (unpaired) electrons. The van der Waals surface area contributed by atoms with E-state index in [1.54, 1.807) is 0 Å². The number of hydrogen-bond donors (Lipinski definition) is 3. The van der Waals surface area contributed by atoms with E-state index in [-0.39, 0.29) is 38.1 Å². The number of carbonyl (C=O) groups is 4. The average Bonchev–Trinajstić information content (AvgIpc) is 2.98. The maximum Gasteiger partial charge on any atom is 0.327 e. The van der Waals surface area contributed by atoms with Crippen molar-refractivity contribution in [1.29, 1.82) is 0 Å². The largest absolute Gasteiger partial charge is 0.464 e. The molecule has 0 aliphatic carbocycles. The first-order chi connectivity index (χ1) is 21.1.